The van der Waals surface area contributed by atoms with E-state index in [0.29, 0.717) is 48.8 Å². The van der Waals surface area contributed by atoms with Gasteiger partial charge in [-0.3, -0.25) is 9.78 Å². The maximum Gasteiger partial charge on any atom is 0.253 e. The predicted octanol–water partition coefficient (Wildman–Crippen LogP) is 3.95. The number of aliphatic hydroxyl groups is 1. The summed E-state index contributed by atoms with van der Waals surface area (Å²) < 4.78 is 23.9. The molecule has 8 heteroatoms. The summed E-state index contributed by atoms with van der Waals surface area (Å²) in [6.07, 6.45) is 3.39. The van der Waals surface area contributed by atoms with Crippen LogP contribution in [0.1, 0.15) is 50.4 Å². The van der Waals surface area contributed by atoms with Crippen molar-refractivity contribution in [1.29, 1.82) is 0 Å². The molecule has 1 aliphatic rings. The van der Waals surface area contributed by atoms with Gasteiger partial charge in [0, 0.05) is 30.2 Å². The van der Waals surface area contributed by atoms with E-state index in [-0.39, 0.29) is 16.2 Å². The Balaban J connectivity index is 1.55. The van der Waals surface area contributed by atoms with Crippen molar-refractivity contribution in [2.24, 2.45) is 10.6 Å². The van der Waals surface area contributed by atoms with Crippen LogP contribution in [-0.4, -0.2) is 48.0 Å². The van der Waals surface area contributed by atoms with E-state index in [2.05, 4.69) is 25.8 Å². The van der Waals surface area contributed by atoms with Gasteiger partial charge in [0.25, 0.3) is 5.91 Å². The van der Waals surface area contributed by atoms with Crippen LogP contribution in [0, 0.1) is 5.41 Å². The lowest BCUT2D eigenvalue weighted by Crippen LogP contribution is -2.48. The summed E-state index contributed by atoms with van der Waals surface area (Å²) >= 11 is 0. The number of sulfonamides is 1. The molecule has 1 aromatic heterocycles. The van der Waals surface area contributed by atoms with Crippen molar-refractivity contribution in [2.45, 2.75) is 50.5 Å². The van der Waals surface area contributed by atoms with Crippen LogP contribution in [0.3, 0.4) is 0 Å². The molecule has 0 saturated carbocycles. The molecule has 0 atom stereocenters. The molecule has 3 N–H and O–H groups in total. The number of piperidine rings is 1. The van der Waals surface area contributed by atoms with Gasteiger partial charge in [-0.25, -0.2) is 13.6 Å². The lowest BCUT2D eigenvalue weighted by molar-refractivity contribution is -0.0436. The minimum atomic E-state index is -3.91. The van der Waals surface area contributed by atoms with Crippen LogP contribution in [-0.2, 0) is 10.0 Å². The van der Waals surface area contributed by atoms with Crippen molar-refractivity contribution in [3.63, 3.8) is 0 Å². The fraction of sp³-hybridized carbons (Fsp3) is 0.385. The van der Waals surface area contributed by atoms with E-state index in [4.69, 9.17) is 5.14 Å². The zero-order chi connectivity index (χ0) is 24.7. The van der Waals surface area contributed by atoms with Gasteiger partial charge in [0.05, 0.1) is 11.1 Å². The molecule has 0 radical (unpaired) electrons. The molecule has 1 aliphatic heterocycles. The normalized spacial score (nSPS) is 16.6. The third-order valence-electron chi connectivity index (χ3n) is 6.32. The monoisotopic (exact) mass is 481 g/mol. The quantitative estimate of drug-likeness (QED) is 0.586. The summed E-state index contributed by atoms with van der Waals surface area (Å²) in [7, 11) is -3.91. The van der Waals surface area contributed by atoms with Crippen molar-refractivity contribution in [3.05, 3.63) is 60.3 Å². The summed E-state index contributed by atoms with van der Waals surface area (Å²) in [5, 5.41) is 16.9. The summed E-state index contributed by atoms with van der Waals surface area (Å²) in [6, 6.07) is 14.0. The standard InChI is InChI=1S/C26H31N3O4S/c1-25(2,3)17-26(31)12-15-29(16-13-26)24(30)19-8-6-18(7-9-19)20-10-11-22(34(27,32)33)23-21(20)5-4-14-28-23/h4-11,14,31H,12-13,15-17H2,1-3H3,(H2,27,32,33). The number of carbonyl (C=O) groups is 1. The number of amides is 1. The third kappa shape index (κ3) is 5.14. The molecular weight excluding hydrogens is 450 g/mol. The highest BCUT2D eigenvalue weighted by molar-refractivity contribution is 7.89. The van der Waals surface area contributed by atoms with E-state index in [1.165, 1.54) is 12.3 Å². The second-order valence-electron chi connectivity index (χ2n) is 10.4. The van der Waals surface area contributed by atoms with Crippen molar-refractivity contribution < 1.29 is 18.3 Å². The number of hydrogen-bond donors (Lipinski definition) is 2. The molecule has 1 saturated heterocycles. The van der Waals surface area contributed by atoms with Gasteiger partial charge in [-0.2, -0.15) is 0 Å². The molecule has 2 aromatic carbocycles. The number of aromatic nitrogens is 1. The summed E-state index contributed by atoms with van der Waals surface area (Å²) in [6.45, 7) is 7.40. The number of fused-ring (bicyclic) bond motifs is 1. The molecule has 180 valence electrons. The Morgan fingerprint density at radius 3 is 2.32 bits per heavy atom. The second-order valence-corrected chi connectivity index (χ2v) is 11.9. The predicted molar refractivity (Wildman–Crippen MR) is 133 cm³/mol. The molecule has 3 aromatic rings. The van der Waals surface area contributed by atoms with Gasteiger partial charge < -0.3 is 10.0 Å². The number of benzene rings is 2. The molecule has 1 fully saturated rings. The van der Waals surface area contributed by atoms with Crippen LogP contribution in [0.4, 0.5) is 0 Å². The Labute approximate surface area is 200 Å². The smallest absolute Gasteiger partial charge is 0.253 e. The maximum atomic E-state index is 13.1. The summed E-state index contributed by atoms with van der Waals surface area (Å²) in [5.41, 5.74) is 1.85. The van der Waals surface area contributed by atoms with Gasteiger partial charge in [-0.05, 0) is 60.1 Å². The molecule has 0 aliphatic carbocycles. The SMILES string of the molecule is CC(C)(C)CC1(O)CCN(C(=O)c2ccc(-c3ccc(S(N)(=O)=O)c4ncccc34)cc2)CC1. The van der Waals surface area contributed by atoms with E-state index in [0.717, 1.165) is 11.1 Å². The van der Waals surface area contributed by atoms with Gasteiger partial charge in [-0.15, -0.1) is 0 Å². The van der Waals surface area contributed by atoms with Crippen LogP contribution in [0.2, 0.25) is 0 Å². The van der Waals surface area contributed by atoms with Crippen LogP contribution in [0.15, 0.2) is 59.6 Å². The Hall–Kier alpha value is -2.81. The van der Waals surface area contributed by atoms with Crippen molar-refractivity contribution in [3.8, 4) is 11.1 Å². The molecule has 0 spiro atoms. The molecule has 34 heavy (non-hydrogen) atoms. The molecular formula is C26H31N3O4S. The van der Waals surface area contributed by atoms with Crippen molar-refractivity contribution in [2.75, 3.05) is 13.1 Å². The second kappa shape index (κ2) is 8.76. The van der Waals surface area contributed by atoms with Crippen LogP contribution in [0.25, 0.3) is 22.0 Å². The Bertz CT molecular complexity index is 1320. The van der Waals surface area contributed by atoms with Gasteiger partial charge in [0.1, 0.15) is 4.90 Å². The van der Waals surface area contributed by atoms with Gasteiger partial charge in [0.15, 0.2) is 0 Å². The molecule has 7 nitrogen and oxygen atoms in total. The topological polar surface area (TPSA) is 114 Å². The lowest BCUT2D eigenvalue weighted by Gasteiger charge is -2.41. The first kappa shape index (κ1) is 24.3. The first-order valence-electron chi connectivity index (χ1n) is 11.4. The largest absolute Gasteiger partial charge is 0.390 e. The lowest BCUT2D eigenvalue weighted by atomic mass is 9.77. The molecule has 0 unspecified atom stereocenters. The molecule has 2 heterocycles. The Kier molecular flexibility index (Phi) is 6.27. The number of nitrogens with zero attached hydrogens (tertiary/aromatic N) is 2. The Morgan fingerprint density at radius 2 is 1.74 bits per heavy atom. The van der Waals surface area contributed by atoms with E-state index in [1.54, 1.807) is 35.2 Å². The van der Waals surface area contributed by atoms with Crippen LogP contribution < -0.4 is 5.14 Å². The summed E-state index contributed by atoms with van der Waals surface area (Å²) in [5.74, 6) is -0.0551. The summed E-state index contributed by atoms with van der Waals surface area (Å²) in [4.78, 5) is 19.1. The minimum Gasteiger partial charge on any atom is -0.390 e. The average Bonchev–Trinajstić information content (AvgIpc) is 2.76. The fourth-order valence-corrected chi connectivity index (χ4v) is 5.58. The highest BCUT2D eigenvalue weighted by Crippen LogP contribution is 2.35. The maximum absolute atomic E-state index is 13.1. The number of carbonyl (C=O) groups excluding carboxylic acids is 1. The minimum absolute atomic E-state index is 0.0184. The number of primary sulfonamides is 1. The van der Waals surface area contributed by atoms with Gasteiger partial charge in [0.2, 0.25) is 10.0 Å². The van der Waals surface area contributed by atoms with E-state index >= 15 is 0 Å². The van der Waals surface area contributed by atoms with Crippen LogP contribution >= 0.6 is 0 Å². The van der Waals surface area contributed by atoms with Crippen molar-refractivity contribution in [1.82, 2.24) is 9.88 Å². The zero-order valence-corrected chi connectivity index (χ0v) is 20.6. The number of rotatable bonds is 4. The highest BCUT2D eigenvalue weighted by Gasteiger charge is 2.37. The molecule has 1 amide bonds. The van der Waals surface area contributed by atoms with Gasteiger partial charge >= 0.3 is 0 Å². The van der Waals surface area contributed by atoms with E-state index in [9.17, 15) is 18.3 Å². The first-order chi connectivity index (χ1) is 15.9. The Morgan fingerprint density at radius 1 is 1.09 bits per heavy atom. The first-order valence-corrected chi connectivity index (χ1v) is 12.9. The van der Waals surface area contributed by atoms with Gasteiger partial charge in [-0.1, -0.05) is 45.0 Å². The molecule has 4 rings (SSSR count). The molecule has 0 bridgehead atoms. The van der Waals surface area contributed by atoms with E-state index in [1.807, 2.05) is 12.1 Å². The number of nitrogens with two attached hydrogens (primary N) is 1. The van der Waals surface area contributed by atoms with Crippen molar-refractivity contribution >= 4 is 26.8 Å². The zero-order valence-electron chi connectivity index (χ0n) is 19.8. The number of likely N-dealkylation sites (tertiary alicyclic amines) is 1. The number of hydrogen-bond acceptors (Lipinski definition) is 5. The fourth-order valence-electron chi connectivity index (χ4n) is 4.89. The number of pyridine rings is 1. The van der Waals surface area contributed by atoms with E-state index < -0.39 is 15.6 Å². The van der Waals surface area contributed by atoms with Crippen LogP contribution in [0.5, 0.6) is 0 Å². The average molecular weight is 482 g/mol. The highest BCUT2D eigenvalue weighted by atomic mass is 32.2. The third-order valence-corrected chi connectivity index (χ3v) is 7.27.